The first-order valence-corrected chi connectivity index (χ1v) is 6.36. The van der Waals surface area contributed by atoms with E-state index in [4.69, 9.17) is 0 Å². The van der Waals surface area contributed by atoms with Crippen LogP contribution in [0.4, 0.5) is 0 Å². The molecule has 0 unspecified atom stereocenters. The minimum Gasteiger partial charge on any atom is -0.313 e. The van der Waals surface area contributed by atoms with Gasteiger partial charge in [-0.25, -0.2) is 0 Å². The van der Waals surface area contributed by atoms with Crippen LogP contribution in [0.2, 0.25) is 0 Å². The van der Waals surface area contributed by atoms with E-state index in [0.717, 1.165) is 12.5 Å². The molecular weight excluding hydrogens is 178 g/mol. The molecule has 0 spiro atoms. The predicted octanol–water partition coefficient (Wildman–Crippen LogP) is 2.69. The molecule has 0 aromatic carbocycles. The Balaban J connectivity index is 2.01. The van der Waals surface area contributed by atoms with Crippen LogP contribution in [0.1, 0.15) is 26.7 Å². The Morgan fingerprint density at radius 1 is 1.38 bits per heavy atom. The molecule has 1 aliphatic heterocycles. The summed E-state index contributed by atoms with van der Waals surface area (Å²) < 4.78 is 0. The van der Waals surface area contributed by atoms with Crippen LogP contribution in [0, 0.1) is 5.92 Å². The maximum Gasteiger partial charge on any atom is 0.0137 e. The number of nitrogens with one attached hydrogen (secondary N) is 1. The largest absolute Gasteiger partial charge is 0.313 e. The van der Waals surface area contributed by atoms with Gasteiger partial charge in [-0.15, -0.1) is 0 Å². The molecule has 0 atom stereocenters. The van der Waals surface area contributed by atoms with Crippen LogP contribution in [0.5, 0.6) is 0 Å². The van der Waals surface area contributed by atoms with Crippen molar-refractivity contribution in [3.05, 3.63) is 11.6 Å². The lowest BCUT2D eigenvalue weighted by Gasteiger charge is -2.21. The van der Waals surface area contributed by atoms with Crippen molar-refractivity contribution in [2.75, 3.05) is 24.6 Å². The number of rotatable bonds is 4. The molecule has 1 fully saturated rings. The Bertz CT molecular complexity index is 155. The van der Waals surface area contributed by atoms with E-state index >= 15 is 0 Å². The fourth-order valence-corrected chi connectivity index (χ4v) is 2.72. The van der Waals surface area contributed by atoms with Crippen molar-refractivity contribution >= 4 is 11.8 Å². The quantitative estimate of drug-likeness (QED) is 0.552. The van der Waals surface area contributed by atoms with Crippen molar-refractivity contribution in [1.29, 1.82) is 0 Å². The van der Waals surface area contributed by atoms with Gasteiger partial charge in [0.2, 0.25) is 0 Å². The van der Waals surface area contributed by atoms with Crippen LogP contribution in [0.3, 0.4) is 0 Å². The van der Waals surface area contributed by atoms with E-state index < -0.39 is 0 Å². The predicted molar refractivity (Wildman–Crippen MR) is 62.3 cm³/mol. The first-order chi connectivity index (χ1) is 6.29. The lowest BCUT2D eigenvalue weighted by Crippen LogP contribution is -2.25. The molecule has 0 aromatic rings. The molecule has 1 saturated heterocycles. The van der Waals surface area contributed by atoms with E-state index in [1.807, 2.05) is 0 Å². The molecule has 1 rings (SSSR count). The molecule has 1 nitrogen and oxygen atoms in total. The van der Waals surface area contributed by atoms with E-state index in [2.05, 4.69) is 37.0 Å². The Hall–Kier alpha value is 0.0500. The Morgan fingerprint density at radius 2 is 2.08 bits per heavy atom. The van der Waals surface area contributed by atoms with Gasteiger partial charge in [0.15, 0.2) is 0 Å². The molecule has 76 valence electrons. The van der Waals surface area contributed by atoms with E-state index in [-0.39, 0.29) is 0 Å². The normalized spacial score (nSPS) is 18.6. The lowest BCUT2D eigenvalue weighted by molar-refractivity contribution is 0.459. The highest BCUT2D eigenvalue weighted by Crippen LogP contribution is 2.21. The van der Waals surface area contributed by atoms with Gasteiger partial charge >= 0.3 is 0 Å². The van der Waals surface area contributed by atoms with Gasteiger partial charge in [0.1, 0.15) is 0 Å². The van der Waals surface area contributed by atoms with Crippen molar-refractivity contribution < 1.29 is 0 Å². The summed E-state index contributed by atoms with van der Waals surface area (Å²) in [6.07, 6.45) is 5.08. The SMILES string of the molecule is CC(C)=CCNCC1CCSCC1. The van der Waals surface area contributed by atoms with Crippen LogP contribution in [0.15, 0.2) is 11.6 Å². The molecule has 1 N–H and O–H groups in total. The summed E-state index contributed by atoms with van der Waals surface area (Å²) in [6, 6.07) is 0. The minimum atomic E-state index is 0.937. The summed E-state index contributed by atoms with van der Waals surface area (Å²) in [4.78, 5) is 0. The minimum absolute atomic E-state index is 0.937. The third kappa shape index (κ3) is 5.37. The third-order valence-electron chi connectivity index (χ3n) is 2.43. The molecule has 0 aliphatic carbocycles. The van der Waals surface area contributed by atoms with Crippen molar-refractivity contribution in [3.63, 3.8) is 0 Å². The topological polar surface area (TPSA) is 12.0 Å². The summed E-state index contributed by atoms with van der Waals surface area (Å²) in [5.41, 5.74) is 1.41. The molecule has 0 amide bonds. The van der Waals surface area contributed by atoms with Crippen LogP contribution in [0.25, 0.3) is 0 Å². The highest BCUT2D eigenvalue weighted by atomic mass is 32.2. The Labute approximate surface area is 86.4 Å². The lowest BCUT2D eigenvalue weighted by atomic mass is 10.0. The zero-order chi connectivity index (χ0) is 9.52. The summed E-state index contributed by atoms with van der Waals surface area (Å²) in [5.74, 6) is 3.68. The van der Waals surface area contributed by atoms with Gasteiger partial charge in [-0.05, 0) is 50.7 Å². The van der Waals surface area contributed by atoms with Gasteiger partial charge in [0.05, 0.1) is 0 Å². The number of thioether (sulfide) groups is 1. The summed E-state index contributed by atoms with van der Waals surface area (Å²) in [5, 5.41) is 3.50. The zero-order valence-electron chi connectivity index (χ0n) is 8.81. The van der Waals surface area contributed by atoms with Crippen LogP contribution >= 0.6 is 11.8 Å². The average Bonchev–Trinajstić information content (AvgIpc) is 2.14. The number of hydrogen-bond acceptors (Lipinski definition) is 2. The number of hydrogen-bond donors (Lipinski definition) is 1. The highest BCUT2D eigenvalue weighted by molar-refractivity contribution is 7.99. The fraction of sp³-hybridized carbons (Fsp3) is 0.818. The van der Waals surface area contributed by atoms with Gasteiger partial charge < -0.3 is 5.32 Å². The molecule has 0 saturated carbocycles. The van der Waals surface area contributed by atoms with Crippen molar-refractivity contribution in [2.24, 2.45) is 5.92 Å². The molecule has 13 heavy (non-hydrogen) atoms. The zero-order valence-corrected chi connectivity index (χ0v) is 9.62. The molecular formula is C11H21NS. The fourth-order valence-electron chi connectivity index (χ4n) is 1.51. The van der Waals surface area contributed by atoms with Gasteiger partial charge in [-0.2, -0.15) is 11.8 Å². The maximum absolute atomic E-state index is 3.50. The van der Waals surface area contributed by atoms with E-state index in [9.17, 15) is 0 Å². The molecule has 1 aliphatic rings. The average molecular weight is 199 g/mol. The van der Waals surface area contributed by atoms with Gasteiger partial charge in [0, 0.05) is 6.54 Å². The summed E-state index contributed by atoms with van der Waals surface area (Å²) in [7, 11) is 0. The van der Waals surface area contributed by atoms with Crippen LogP contribution in [-0.4, -0.2) is 24.6 Å². The van der Waals surface area contributed by atoms with Crippen LogP contribution in [-0.2, 0) is 0 Å². The molecule has 1 heterocycles. The van der Waals surface area contributed by atoms with Gasteiger partial charge in [0.25, 0.3) is 0 Å². The molecule has 0 aromatic heterocycles. The second-order valence-corrected chi connectivity index (χ2v) is 5.22. The monoisotopic (exact) mass is 199 g/mol. The Morgan fingerprint density at radius 3 is 2.69 bits per heavy atom. The highest BCUT2D eigenvalue weighted by Gasteiger charge is 2.12. The summed E-state index contributed by atoms with van der Waals surface area (Å²) >= 11 is 2.10. The van der Waals surface area contributed by atoms with Gasteiger partial charge in [-0.1, -0.05) is 11.6 Å². The maximum atomic E-state index is 3.50. The Kier molecular flexibility index (Phi) is 5.56. The van der Waals surface area contributed by atoms with E-state index in [1.165, 1.54) is 36.5 Å². The first-order valence-electron chi connectivity index (χ1n) is 5.21. The van der Waals surface area contributed by atoms with Gasteiger partial charge in [-0.3, -0.25) is 0 Å². The standard InChI is InChI=1S/C11H21NS/c1-10(2)3-6-12-9-11-4-7-13-8-5-11/h3,11-12H,4-9H2,1-2H3. The molecule has 0 bridgehead atoms. The van der Waals surface area contributed by atoms with Crippen LogP contribution < -0.4 is 5.32 Å². The first kappa shape index (κ1) is 11.1. The van der Waals surface area contributed by atoms with E-state index in [1.54, 1.807) is 0 Å². The van der Waals surface area contributed by atoms with Crippen molar-refractivity contribution in [2.45, 2.75) is 26.7 Å². The van der Waals surface area contributed by atoms with E-state index in [0.29, 0.717) is 0 Å². The molecule has 2 heteroatoms. The second kappa shape index (κ2) is 6.50. The number of allylic oxidation sites excluding steroid dienone is 1. The van der Waals surface area contributed by atoms with Crippen molar-refractivity contribution in [1.82, 2.24) is 5.32 Å². The summed E-state index contributed by atoms with van der Waals surface area (Å²) in [6.45, 7) is 6.56. The molecule has 0 radical (unpaired) electrons. The van der Waals surface area contributed by atoms with Crippen molar-refractivity contribution in [3.8, 4) is 0 Å². The smallest absolute Gasteiger partial charge is 0.0137 e. The second-order valence-electron chi connectivity index (χ2n) is 4.00. The third-order valence-corrected chi connectivity index (χ3v) is 3.48.